The van der Waals surface area contributed by atoms with Crippen molar-refractivity contribution in [2.75, 3.05) is 0 Å². The van der Waals surface area contributed by atoms with Gasteiger partial charge in [0.15, 0.2) is 6.17 Å². The van der Waals surface area contributed by atoms with Crippen molar-refractivity contribution in [1.29, 1.82) is 0 Å². The number of hydrogen-bond acceptors (Lipinski definition) is 4. The van der Waals surface area contributed by atoms with E-state index < -0.39 is 36.2 Å². The Morgan fingerprint density at radius 3 is 2.27 bits per heavy atom. The van der Waals surface area contributed by atoms with Crippen molar-refractivity contribution in [1.82, 2.24) is 0 Å². The van der Waals surface area contributed by atoms with E-state index in [1.54, 1.807) is 20.8 Å². The van der Waals surface area contributed by atoms with Crippen LogP contribution in [0.15, 0.2) is 0 Å². The van der Waals surface area contributed by atoms with Crippen molar-refractivity contribution in [3.63, 3.8) is 0 Å². The van der Waals surface area contributed by atoms with Crippen molar-refractivity contribution in [3.8, 4) is 0 Å². The minimum atomic E-state index is -2.15. The minimum absolute atomic E-state index is 0.579. The lowest BCUT2D eigenvalue weighted by Gasteiger charge is -2.22. The summed E-state index contributed by atoms with van der Waals surface area (Å²) < 4.78 is 17.5. The van der Waals surface area contributed by atoms with E-state index in [1.807, 2.05) is 0 Å². The lowest BCUT2D eigenvalue weighted by molar-refractivity contribution is -0.157. The first-order chi connectivity index (χ1) is 6.63. The van der Waals surface area contributed by atoms with Gasteiger partial charge in [0.1, 0.15) is 11.6 Å². The number of rotatable bonds is 4. The van der Waals surface area contributed by atoms with E-state index in [2.05, 4.69) is 0 Å². The monoisotopic (exact) mass is 221 g/mol. The smallest absolute Gasteiger partial charge is 0.338 e. The summed E-state index contributed by atoms with van der Waals surface area (Å²) in [5, 5.41) is 8.26. The van der Waals surface area contributed by atoms with Gasteiger partial charge in [-0.05, 0) is 20.8 Å². The molecule has 0 radical (unpaired) electrons. The largest absolute Gasteiger partial charge is 0.479 e. The highest BCUT2D eigenvalue weighted by atomic mass is 19.1. The lowest BCUT2D eigenvalue weighted by atomic mass is 10.1. The second-order valence-corrected chi connectivity index (χ2v) is 4.18. The number of aliphatic carboxylic acids is 1. The second kappa shape index (κ2) is 5.06. The molecule has 0 aliphatic carbocycles. The summed E-state index contributed by atoms with van der Waals surface area (Å²) in [5.41, 5.74) is 4.57. The molecule has 0 bridgehead atoms. The molecule has 0 amide bonds. The van der Waals surface area contributed by atoms with Crippen molar-refractivity contribution in [2.24, 2.45) is 5.73 Å². The molecule has 0 spiro atoms. The third-order valence-electron chi connectivity index (χ3n) is 1.44. The molecule has 15 heavy (non-hydrogen) atoms. The van der Waals surface area contributed by atoms with E-state index >= 15 is 0 Å². The summed E-state index contributed by atoms with van der Waals surface area (Å²) >= 11 is 0. The van der Waals surface area contributed by atoms with Gasteiger partial charge in [0.2, 0.25) is 0 Å². The number of carbonyl (C=O) groups excluding carboxylic acids is 1. The SMILES string of the molecule is CC(C)(C)OC(=O)[C@@H](N)C[C@H](F)C(=O)O. The first kappa shape index (κ1) is 13.8. The quantitative estimate of drug-likeness (QED) is 0.673. The number of nitrogens with two attached hydrogens (primary N) is 1. The van der Waals surface area contributed by atoms with Crippen LogP contribution in [0.1, 0.15) is 27.2 Å². The number of halogens is 1. The van der Waals surface area contributed by atoms with Gasteiger partial charge < -0.3 is 15.6 Å². The van der Waals surface area contributed by atoms with Crippen molar-refractivity contribution in [3.05, 3.63) is 0 Å². The molecule has 2 atom stereocenters. The number of carboxylic acids is 1. The van der Waals surface area contributed by atoms with Crippen LogP contribution in [0.2, 0.25) is 0 Å². The molecule has 0 aliphatic rings. The Labute approximate surface area is 87.4 Å². The van der Waals surface area contributed by atoms with Gasteiger partial charge in [-0.25, -0.2) is 9.18 Å². The average Bonchev–Trinajstić information content (AvgIpc) is 2.00. The van der Waals surface area contributed by atoms with Gasteiger partial charge in [-0.15, -0.1) is 0 Å². The maximum atomic E-state index is 12.7. The van der Waals surface area contributed by atoms with E-state index in [1.165, 1.54) is 0 Å². The highest BCUT2D eigenvalue weighted by molar-refractivity contribution is 5.78. The maximum absolute atomic E-state index is 12.7. The van der Waals surface area contributed by atoms with Gasteiger partial charge in [-0.1, -0.05) is 0 Å². The van der Waals surface area contributed by atoms with E-state index in [-0.39, 0.29) is 0 Å². The minimum Gasteiger partial charge on any atom is -0.479 e. The zero-order valence-electron chi connectivity index (χ0n) is 8.99. The normalized spacial score (nSPS) is 15.5. The van der Waals surface area contributed by atoms with Crippen LogP contribution in [0.3, 0.4) is 0 Å². The van der Waals surface area contributed by atoms with Crippen LogP contribution < -0.4 is 5.73 Å². The summed E-state index contributed by atoms with van der Waals surface area (Å²) in [6, 6.07) is -1.25. The highest BCUT2D eigenvalue weighted by Gasteiger charge is 2.27. The Bertz CT molecular complexity index is 249. The summed E-state index contributed by atoms with van der Waals surface area (Å²) in [6.45, 7) is 4.92. The molecule has 0 aliphatic heterocycles. The van der Waals surface area contributed by atoms with Gasteiger partial charge in [0.25, 0.3) is 0 Å². The van der Waals surface area contributed by atoms with Crippen LogP contribution in [0.25, 0.3) is 0 Å². The molecule has 0 aromatic heterocycles. The van der Waals surface area contributed by atoms with Crippen LogP contribution in [-0.2, 0) is 14.3 Å². The predicted molar refractivity (Wildman–Crippen MR) is 51.0 cm³/mol. The molecule has 0 fully saturated rings. The molecule has 0 saturated heterocycles. The van der Waals surface area contributed by atoms with Crippen molar-refractivity contribution < 1.29 is 23.8 Å². The van der Waals surface area contributed by atoms with Gasteiger partial charge in [-0.2, -0.15) is 0 Å². The average molecular weight is 221 g/mol. The summed E-state index contributed by atoms with van der Waals surface area (Å²) in [5.74, 6) is -2.43. The van der Waals surface area contributed by atoms with Crippen LogP contribution in [-0.4, -0.2) is 34.9 Å². The first-order valence-corrected chi connectivity index (χ1v) is 4.49. The molecule has 3 N–H and O–H groups in total. The van der Waals surface area contributed by atoms with E-state index in [0.717, 1.165) is 0 Å². The third-order valence-corrected chi connectivity index (χ3v) is 1.44. The first-order valence-electron chi connectivity index (χ1n) is 4.49. The Hall–Kier alpha value is -1.17. The number of ether oxygens (including phenoxy) is 1. The number of carboxylic acid groups (broad SMARTS) is 1. The van der Waals surface area contributed by atoms with Crippen molar-refractivity contribution >= 4 is 11.9 Å². The molecule has 0 saturated carbocycles. The molecule has 0 heterocycles. The van der Waals surface area contributed by atoms with Gasteiger partial charge in [0.05, 0.1) is 0 Å². The summed E-state index contributed by atoms with van der Waals surface area (Å²) in [4.78, 5) is 21.4. The van der Waals surface area contributed by atoms with E-state index in [0.29, 0.717) is 0 Å². The highest BCUT2D eigenvalue weighted by Crippen LogP contribution is 2.10. The number of alkyl halides is 1. The van der Waals surface area contributed by atoms with Crippen LogP contribution in [0.4, 0.5) is 4.39 Å². The Balaban J connectivity index is 4.17. The Morgan fingerprint density at radius 1 is 1.47 bits per heavy atom. The summed E-state index contributed by atoms with van der Waals surface area (Å²) in [7, 11) is 0. The molecular weight excluding hydrogens is 205 g/mol. The maximum Gasteiger partial charge on any atom is 0.338 e. The lowest BCUT2D eigenvalue weighted by Crippen LogP contribution is -2.40. The number of hydrogen-bond donors (Lipinski definition) is 2. The fourth-order valence-corrected chi connectivity index (χ4v) is 0.797. The Kier molecular flexibility index (Phi) is 4.67. The van der Waals surface area contributed by atoms with Crippen LogP contribution in [0, 0.1) is 0 Å². The molecule has 88 valence electrons. The standard InChI is InChI=1S/C9H16FNO4/c1-9(2,3)15-8(14)6(11)4-5(10)7(12)13/h5-6H,4,11H2,1-3H3,(H,12,13)/t5-,6-/m0/s1. The summed E-state index contributed by atoms with van der Waals surface area (Å²) in [6.07, 6.45) is -2.72. The molecule has 6 heteroatoms. The molecule has 0 unspecified atom stereocenters. The van der Waals surface area contributed by atoms with E-state index in [9.17, 15) is 14.0 Å². The third kappa shape index (κ3) is 6.01. The second-order valence-electron chi connectivity index (χ2n) is 4.18. The van der Waals surface area contributed by atoms with Crippen LogP contribution >= 0.6 is 0 Å². The van der Waals surface area contributed by atoms with E-state index in [4.69, 9.17) is 15.6 Å². The fraction of sp³-hybridized carbons (Fsp3) is 0.778. The topological polar surface area (TPSA) is 89.6 Å². The molecular formula is C9H16FNO4. The molecule has 0 aromatic carbocycles. The molecule has 0 rings (SSSR count). The van der Waals surface area contributed by atoms with Gasteiger partial charge in [-0.3, -0.25) is 4.79 Å². The Morgan fingerprint density at radius 2 is 1.93 bits per heavy atom. The number of carbonyl (C=O) groups is 2. The van der Waals surface area contributed by atoms with Gasteiger partial charge >= 0.3 is 11.9 Å². The predicted octanol–water partition coefficient (Wildman–Crippen LogP) is 0.468. The van der Waals surface area contributed by atoms with Gasteiger partial charge in [0, 0.05) is 6.42 Å². The number of esters is 1. The fourth-order valence-electron chi connectivity index (χ4n) is 0.797. The molecule has 0 aromatic rings. The van der Waals surface area contributed by atoms with Crippen LogP contribution in [0.5, 0.6) is 0 Å². The molecule has 5 nitrogen and oxygen atoms in total. The van der Waals surface area contributed by atoms with Crippen molar-refractivity contribution in [2.45, 2.75) is 45.0 Å². The zero-order valence-corrected chi connectivity index (χ0v) is 8.99. The zero-order chi connectivity index (χ0) is 12.2.